The van der Waals surface area contributed by atoms with E-state index in [4.69, 9.17) is 9.47 Å². The number of ketones is 1. The van der Waals surface area contributed by atoms with Crippen molar-refractivity contribution in [3.05, 3.63) is 47.3 Å². The molecule has 1 aliphatic heterocycles. The fourth-order valence-corrected chi connectivity index (χ4v) is 2.13. The van der Waals surface area contributed by atoms with Gasteiger partial charge in [0.25, 0.3) is 5.91 Å². The standard InChI is InChI=1S/C16H14N2O4/c1-9-3-4-11(7-17-9)16(20)18-13-6-15-14(21-8-22-15)5-12(13)10(2)19/h3-7H,8H2,1-2H3,(H,18,20). The number of nitrogens with zero attached hydrogens (tertiary/aromatic N) is 1. The van der Waals surface area contributed by atoms with Crippen molar-refractivity contribution in [2.75, 3.05) is 12.1 Å². The maximum Gasteiger partial charge on any atom is 0.257 e. The first-order valence-corrected chi connectivity index (χ1v) is 6.73. The number of anilines is 1. The third kappa shape index (κ3) is 2.63. The van der Waals surface area contributed by atoms with Gasteiger partial charge in [-0.1, -0.05) is 0 Å². The molecule has 22 heavy (non-hydrogen) atoms. The molecule has 2 heterocycles. The van der Waals surface area contributed by atoms with Gasteiger partial charge in [0.2, 0.25) is 6.79 Å². The summed E-state index contributed by atoms with van der Waals surface area (Å²) in [5, 5.41) is 2.72. The Morgan fingerprint density at radius 3 is 2.55 bits per heavy atom. The van der Waals surface area contributed by atoms with Crippen molar-refractivity contribution in [2.45, 2.75) is 13.8 Å². The molecule has 0 fully saturated rings. The summed E-state index contributed by atoms with van der Waals surface area (Å²) in [6.07, 6.45) is 1.49. The van der Waals surface area contributed by atoms with Crippen LogP contribution in [0, 0.1) is 6.92 Å². The first kappa shape index (κ1) is 14.1. The summed E-state index contributed by atoms with van der Waals surface area (Å²) in [5.41, 5.74) is 2.00. The van der Waals surface area contributed by atoms with Crippen LogP contribution in [-0.2, 0) is 0 Å². The van der Waals surface area contributed by atoms with E-state index in [9.17, 15) is 9.59 Å². The van der Waals surface area contributed by atoms with Gasteiger partial charge in [-0.25, -0.2) is 0 Å². The van der Waals surface area contributed by atoms with Gasteiger partial charge in [0.15, 0.2) is 17.3 Å². The Hall–Kier alpha value is -2.89. The minimum atomic E-state index is -0.339. The molecule has 0 unspecified atom stereocenters. The van der Waals surface area contributed by atoms with Gasteiger partial charge in [-0.3, -0.25) is 14.6 Å². The molecule has 1 amide bonds. The molecular weight excluding hydrogens is 284 g/mol. The highest BCUT2D eigenvalue weighted by Gasteiger charge is 2.20. The van der Waals surface area contributed by atoms with Gasteiger partial charge in [0, 0.05) is 23.5 Å². The third-order valence-corrected chi connectivity index (χ3v) is 3.31. The Morgan fingerprint density at radius 2 is 1.91 bits per heavy atom. The Morgan fingerprint density at radius 1 is 1.18 bits per heavy atom. The number of benzene rings is 1. The number of aryl methyl sites for hydroxylation is 1. The van der Waals surface area contributed by atoms with E-state index < -0.39 is 0 Å². The number of fused-ring (bicyclic) bond motifs is 1. The summed E-state index contributed by atoms with van der Waals surface area (Å²) in [5.74, 6) is 0.493. The second kappa shape index (κ2) is 5.48. The van der Waals surface area contributed by atoms with Crippen molar-refractivity contribution in [2.24, 2.45) is 0 Å². The Labute approximate surface area is 127 Å². The highest BCUT2D eigenvalue weighted by Crippen LogP contribution is 2.37. The number of amides is 1. The van der Waals surface area contributed by atoms with Crippen molar-refractivity contribution in [1.82, 2.24) is 4.98 Å². The number of hydrogen-bond donors (Lipinski definition) is 1. The van der Waals surface area contributed by atoms with E-state index in [0.29, 0.717) is 28.3 Å². The van der Waals surface area contributed by atoms with Crippen LogP contribution in [0.15, 0.2) is 30.5 Å². The number of carbonyl (C=O) groups excluding carboxylic acids is 2. The van der Waals surface area contributed by atoms with Crippen LogP contribution in [0.25, 0.3) is 0 Å². The molecule has 6 nitrogen and oxygen atoms in total. The monoisotopic (exact) mass is 298 g/mol. The Bertz CT molecular complexity index is 753. The van der Waals surface area contributed by atoms with E-state index >= 15 is 0 Å². The number of pyridine rings is 1. The van der Waals surface area contributed by atoms with Crippen LogP contribution in [-0.4, -0.2) is 23.5 Å². The van der Waals surface area contributed by atoms with Crippen molar-refractivity contribution < 1.29 is 19.1 Å². The van der Waals surface area contributed by atoms with Crippen LogP contribution in [0.1, 0.15) is 33.3 Å². The van der Waals surface area contributed by atoms with Crippen molar-refractivity contribution >= 4 is 17.4 Å². The molecule has 3 rings (SSSR count). The third-order valence-electron chi connectivity index (χ3n) is 3.31. The fraction of sp³-hybridized carbons (Fsp3) is 0.188. The summed E-state index contributed by atoms with van der Waals surface area (Å²) in [6, 6.07) is 6.60. The second-order valence-electron chi connectivity index (χ2n) is 4.95. The first-order chi connectivity index (χ1) is 10.5. The number of carbonyl (C=O) groups is 2. The van der Waals surface area contributed by atoms with Crippen LogP contribution in [0.3, 0.4) is 0 Å². The zero-order chi connectivity index (χ0) is 15.7. The van der Waals surface area contributed by atoms with Gasteiger partial charge in [-0.15, -0.1) is 0 Å². The molecule has 2 aromatic rings. The zero-order valence-corrected chi connectivity index (χ0v) is 12.2. The van der Waals surface area contributed by atoms with Crippen LogP contribution >= 0.6 is 0 Å². The molecule has 1 aromatic carbocycles. The number of hydrogen-bond acceptors (Lipinski definition) is 5. The molecule has 0 saturated heterocycles. The average molecular weight is 298 g/mol. The lowest BCUT2D eigenvalue weighted by molar-refractivity contribution is 0.101. The van der Waals surface area contributed by atoms with Crippen LogP contribution in [0.2, 0.25) is 0 Å². The van der Waals surface area contributed by atoms with Crippen molar-refractivity contribution in [1.29, 1.82) is 0 Å². The minimum absolute atomic E-state index is 0.103. The van der Waals surface area contributed by atoms with E-state index in [0.717, 1.165) is 5.69 Å². The molecule has 1 aliphatic rings. The number of nitrogens with one attached hydrogen (secondary N) is 1. The molecule has 0 radical (unpaired) electrons. The van der Waals surface area contributed by atoms with E-state index in [2.05, 4.69) is 10.3 Å². The van der Waals surface area contributed by atoms with Gasteiger partial charge >= 0.3 is 0 Å². The quantitative estimate of drug-likeness (QED) is 0.881. The van der Waals surface area contributed by atoms with Gasteiger partial charge in [-0.2, -0.15) is 0 Å². The summed E-state index contributed by atoms with van der Waals surface area (Å²) < 4.78 is 10.5. The van der Waals surface area contributed by atoms with Crippen molar-refractivity contribution in [3.63, 3.8) is 0 Å². The second-order valence-corrected chi connectivity index (χ2v) is 4.95. The van der Waals surface area contributed by atoms with Gasteiger partial charge in [0.05, 0.1) is 11.3 Å². The van der Waals surface area contributed by atoms with Crippen molar-refractivity contribution in [3.8, 4) is 11.5 Å². The number of aromatic nitrogens is 1. The predicted molar refractivity (Wildman–Crippen MR) is 79.5 cm³/mol. The lowest BCUT2D eigenvalue weighted by atomic mass is 10.1. The minimum Gasteiger partial charge on any atom is -0.454 e. The Balaban J connectivity index is 1.92. The zero-order valence-electron chi connectivity index (χ0n) is 12.2. The molecule has 1 aromatic heterocycles. The Kier molecular flexibility index (Phi) is 3.50. The van der Waals surface area contributed by atoms with E-state index in [-0.39, 0.29) is 18.5 Å². The lowest BCUT2D eigenvalue weighted by Gasteiger charge is -2.10. The van der Waals surface area contributed by atoms with Gasteiger partial charge in [0.1, 0.15) is 0 Å². The summed E-state index contributed by atoms with van der Waals surface area (Å²) >= 11 is 0. The molecular formula is C16H14N2O4. The summed E-state index contributed by atoms with van der Waals surface area (Å²) in [4.78, 5) is 28.1. The number of rotatable bonds is 3. The maximum absolute atomic E-state index is 12.3. The fourth-order valence-electron chi connectivity index (χ4n) is 2.13. The normalized spacial score (nSPS) is 12.1. The van der Waals surface area contributed by atoms with Gasteiger partial charge in [-0.05, 0) is 32.0 Å². The average Bonchev–Trinajstić information content (AvgIpc) is 2.94. The maximum atomic E-state index is 12.3. The SMILES string of the molecule is CC(=O)c1cc2c(cc1NC(=O)c1ccc(C)nc1)OCO2. The largest absolute Gasteiger partial charge is 0.454 e. The highest BCUT2D eigenvalue weighted by atomic mass is 16.7. The lowest BCUT2D eigenvalue weighted by Crippen LogP contribution is -2.14. The van der Waals surface area contributed by atoms with E-state index in [1.807, 2.05) is 6.92 Å². The molecule has 0 saturated carbocycles. The molecule has 0 aliphatic carbocycles. The van der Waals surface area contributed by atoms with Crippen LogP contribution in [0.5, 0.6) is 11.5 Å². The molecule has 0 bridgehead atoms. The first-order valence-electron chi connectivity index (χ1n) is 6.73. The molecule has 0 spiro atoms. The highest BCUT2D eigenvalue weighted by molar-refractivity contribution is 6.09. The van der Waals surface area contributed by atoms with E-state index in [1.165, 1.54) is 13.1 Å². The van der Waals surface area contributed by atoms with E-state index in [1.54, 1.807) is 24.3 Å². The molecule has 0 atom stereocenters. The smallest absolute Gasteiger partial charge is 0.257 e. The topological polar surface area (TPSA) is 77.5 Å². The molecule has 1 N–H and O–H groups in total. The van der Waals surface area contributed by atoms with Crippen LogP contribution < -0.4 is 14.8 Å². The molecule has 112 valence electrons. The van der Waals surface area contributed by atoms with Gasteiger partial charge < -0.3 is 14.8 Å². The van der Waals surface area contributed by atoms with Crippen LogP contribution in [0.4, 0.5) is 5.69 Å². The predicted octanol–water partition coefficient (Wildman–Crippen LogP) is 2.57. The molecule has 6 heteroatoms. The number of Topliss-reactive ketones (excluding diaryl/α,β-unsaturated/α-hetero) is 1. The summed E-state index contributed by atoms with van der Waals surface area (Å²) in [6.45, 7) is 3.37. The summed E-state index contributed by atoms with van der Waals surface area (Å²) in [7, 11) is 0. The number of ether oxygens (including phenoxy) is 2.